The first-order chi connectivity index (χ1) is 7.36. The highest BCUT2D eigenvalue weighted by atomic mass is 32.2. The molecule has 1 N–H and O–H groups in total. The van der Waals surface area contributed by atoms with Gasteiger partial charge in [-0.2, -0.15) is 0 Å². The first kappa shape index (κ1) is 12.3. The zero-order valence-corrected chi connectivity index (χ0v) is 9.96. The molecule has 0 aliphatic heterocycles. The van der Waals surface area contributed by atoms with Crippen LogP contribution in [0.4, 0.5) is 0 Å². The number of rotatable bonds is 6. The first-order valence-corrected chi connectivity index (χ1v) is 6.34. The van der Waals surface area contributed by atoms with Crippen molar-refractivity contribution in [2.45, 2.75) is 19.8 Å². The Morgan fingerprint density at radius 1 is 1.33 bits per heavy atom. The van der Waals surface area contributed by atoms with E-state index >= 15 is 0 Å². The maximum atomic E-state index is 9.20. The van der Waals surface area contributed by atoms with E-state index in [9.17, 15) is 5.11 Å². The Morgan fingerprint density at radius 2 is 2.07 bits per heavy atom. The number of hydrogen-bond acceptors (Lipinski definition) is 2. The van der Waals surface area contributed by atoms with E-state index in [1.54, 1.807) is 11.8 Å². The van der Waals surface area contributed by atoms with Crippen LogP contribution in [0.3, 0.4) is 0 Å². The average Bonchev–Trinajstić information content (AvgIpc) is 2.29. The van der Waals surface area contributed by atoms with E-state index in [2.05, 4.69) is 25.1 Å². The Hall–Kier alpha value is -0.730. The molecular weight excluding hydrogens is 204 g/mol. The highest BCUT2D eigenvalue weighted by Gasteiger charge is 1.96. The number of hydrogen-bond donors (Lipinski definition) is 1. The second kappa shape index (κ2) is 7.55. The Labute approximate surface area is 96.2 Å². The van der Waals surface area contributed by atoms with E-state index in [1.165, 1.54) is 12.8 Å². The molecule has 0 aliphatic rings. The second-order valence-corrected chi connectivity index (χ2v) is 4.60. The van der Waals surface area contributed by atoms with Gasteiger partial charge < -0.3 is 5.11 Å². The zero-order valence-electron chi connectivity index (χ0n) is 9.15. The van der Waals surface area contributed by atoms with Gasteiger partial charge in [-0.15, -0.1) is 11.8 Å². The quantitative estimate of drug-likeness (QED) is 0.743. The van der Waals surface area contributed by atoms with Crippen LogP contribution >= 0.6 is 11.8 Å². The van der Waals surface area contributed by atoms with Crippen molar-refractivity contribution >= 4 is 17.8 Å². The summed E-state index contributed by atoms with van der Waals surface area (Å²) in [5.41, 5.74) is 1.16. The first-order valence-electron chi connectivity index (χ1n) is 5.36. The molecule has 0 spiro atoms. The van der Waals surface area contributed by atoms with Crippen LogP contribution < -0.4 is 0 Å². The van der Waals surface area contributed by atoms with Crippen molar-refractivity contribution in [3.8, 4) is 0 Å². The predicted molar refractivity (Wildman–Crippen MR) is 68.9 cm³/mol. The topological polar surface area (TPSA) is 20.2 Å². The van der Waals surface area contributed by atoms with E-state index in [0.717, 1.165) is 16.2 Å². The lowest BCUT2D eigenvalue weighted by atomic mass is 10.2. The fourth-order valence-corrected chi connectivity index (χ4v) is 2.22. The van der Waals surface area contributed by atoms with Crippen LogP contribution in [0.2, 0.25) is 0 Å². The summed E-state index contributed by atoms with van der Waals surface area (Å²) < 4.78 is 0. The number of benzene rings is 1. The van der Waals surface area contributed by atoms with E-state index in [-0.39, 0.29) is 6.61 Å². The minimum Gasteiger partial charge on any atom is -0.391 e. The molecule has 0 atom stereocenters. The Morgan fingerprint density at radius 3 is 2.67 bits per heavy atom. The lowest BCUT2D eigenvalue weighted by Crippen LogP contribution is -1.88. The lowest BCUT2D eigenvalue weighted by molar-refractivity contribution is 0.340. The van der Waals surface area contributed by atoms with Crippen molar-refractivity contribution in [1.82, 2.24) is 0 Å². The summed E-state index contributed by atoms with van der Waals surface area (Å²) >= 11 is 1.75. The van der Waals surface area contributed by atoms with Gasteiger partial charge in [-0.25, -0.2) is 0 Å². The van der Waals surface area contributed by atoms with Gasteiger partial charge in [0, 0.05) is 4.91 Å². The smallest absolute Gasteiger partial charge is 0.0740 e. The molecule has 2 heteroatoms. The molecule has 0 heterocycles. The predicted octanol–water partition coefficient (Wildman–Crippen LogP) is 3.55. The second-order valence-electron chi connectivity index (χ2n) is 3.38. The van der Waals surface area contributed by atoms with Crippen molar-refractivity contribution in [2.75, 3.05) is 12.4 Å². The van der Waals surface area contributed by atoms with E-state index in [1.807, 2.05) is 18.2 Å². The molecule has 1 nitrogen and oxygen atoms in total. The summed E-state index contributed by atoms with van der Waals surface area (Å²) in [6.45, 7) is 2.32. The SMILES string of the molecule is CCCCS/C(=C\c1ccccc1)CO. The maximum Gasteiger partial charge on any atom is 0.0740 e. The number of aliphatic hydroxyl groups excluding tert-OH is 1. The molecular formula is C13H18OS. The summed E-state index contributed by atoms with van der Waals surface area (Å²) in [4.78, 5) is 1.05. The molecule has 0 amide bonds. The summed E-state index contributed by atoms with van der Waals surface area (Å²) in [5, 5.41) is 9.20. The number of unbranched alkanes of at least 4 members (excludes halogenated alkanes) is 1. The van der Waals surface area contributed by atoms with Gasteiger partial charge in [-0.3, -0.25) is 0 Å². The largest absolute Gasteiger partial charge is 0.391 e. The Bertz CT molecular complexity index is 293. The van der Waals surface area contributed by atoms with Crippen molar-refractivity contribution in [1.29, 1.82) is 0 Å². The summed E-state index contributed by atoms with van der Waals surface area (Å²) in [5.74, 6) is 1.09. The molecule has 0 fully saturated rings. The van der Waals surface area contributed by atoms with Gasteiger partial charge in [0.05, 0.1) is 6.61 Å². The van der Waals surface area contributed by atoms with Crippen LogP contribution in [-0.2, 0) is 0 Å². The van der Waals surface area contributed by atoms with Crippen LogP contribution in [0.25, 0.3) is 6.08 Å². The Kier molecular flexibility index (Phi) is 6.21. The summed E-state index contributed by atoms with van der Waals surface area (Å²) in [7, 11) is 0. The standard InChI is InChI=1S/C13H18OS/c1-2-3-9-15-13(11-14)10-12-7-5-4-6-8-12/h4-8,10,14H,2-3,9,11H2,1H3/b13-10-. The monoisotopic (exact) mass is 222 g/mol. The highest BCUT2D eigenvalue weighted by molar-refractivity contribution is 8.03. The van der Waals surface area contributed by atoms with Crippen LogP contribution in [0.5, 0.6) is 0 Å². The van der Waals surface area contributed by atoms with E-state index < -0.39 is 0 Å². The highest BCUT2D eigenvalue weighted by Crippen LogP contribution is 2.19. The number of aliphatic hydroxyl groups is 1. The summed E-state index contributed by atoms with van der Waals surface area (Å²) in [6.07, 6.45) is 4.47. The average molecular weight is 222 g/mol. The van der Waals surface area contributed by atoms with E-state index in [4.69, 9.17) is 0 Å². The fraction of sp³-hybridized carbons (Fsp3) is 0.385. The van der Waals surface area contributed by atoms with Crippen molar-refractivity contribution in [3.63, 3.8) is 0 Å². The normalized spacial score (nSPS) is 11.7. The van der Waals surface area contributed by atoms with Gasteiger partial charge in [0.2, 0.25) is 0 Å². The molecule has 1 aromatic carbocycles. The van der Waals surface area contributed by atoms with Crippen LogP contribution in [0.1, 0.15) is 25.3 Å². The van der Waals surface area contributed by atoms with Crippen molar-refractivity contribution in [3.05, 3.63) is 40.8 Å². The minimum absolute atomic E-state index is 0.142. The van der Waals surface area contributed by atoms with Gasteiger partial charge in [0.1, 0.15) is 0 Å². The van der Waals surface area contributed by atoms with Crippen LogP contribution in [0, 0.1) is 0 Å². The molecule has 1 aromatic rings. The molecule has 15 heavy (non-hydrogen) atoms. The molecule has 0 aliphatic carbocycles. The summed E-state index contributed by atoms with van der Waals surface area (Å²) in [6, 6.07) is 10.1. The van der Waals surface area contributed by atoms with Gasteiger partial charge in [0.25, 0.3) is 0 Å². The third-order valence-electron chi connectivity index (χ3n) is 2.07. The van der Waals surface area contributed by atoms with Gasteiger partial charge in [0.15, 0.2) is 0 Å². The molecule has 0 aromatic heterocycles. The molecule has 82 valence electrons. The molecule has 1 rings (SSSR count). The molecule has 0 bridgehead atoms. The molecule has 0 unspecified atom stereocenters. The van der Waals surface area contributed by atoms with Crippen LogP contribution in [0.15, 0.2) is 35.2 Å². The minimum atomic E-state index is 0.142. The van der Waals surface area contributed by atoms with Crippen molar-refractivity contribution in [2.24, 2.45) is 0 Å². The lowest BCUT2D eigenvalue weighted by Gasteiger charge is -2.03. The third kappa shape index (κ3) is 5.05. The molecule has 0 saturated carbocycles. The maximum absolute atomic E-state index is 9.20. The third-order valence-corrected chi connectivity index (χ3v) is 3.18. The van der Waals surface area contributed by atoms with Gasteiger partial charge in [-0.05, 0) is 23.8 Å². The van der Waals surface area contributed by atoms with Gasteiger partial charge in [-0.1, -0.05) is 43.7 Å². The zero-order chi connectivity index (χ0) is 10.9. The molecule has 0 saturated heterocycles. The number of thioether (sulfide) groups is 1. The molecule has 0 radical (unpaired) electrons. The Balaban J connectivity index is 2.54. The fourth-order valence-electron chi connectivity index (χ4n) is 1.22. The van der Waals surface area contributed by atoms with Crippen molar-refractivity contribution < 1.29 is 5.11 Å². The van der Waals surface area contributed by atoms with E-state index in [0.29, 0.717) is 0 Å². The van der Waals surface area contributed by atoms with Crippen LogP contribution in [-0.4, -0.2) is 17.5 Å². The van der Waals surface area contributed by atoms with Gasteiger partial charge >= 0.3 is 0 Å².